The standard InChI is InChI=1S/C22H19NO4/c24-21(23-19-7-3-1-4-8-19)16-27-22(25)18-13-11-17(12-14-18)15-26-20-9-5-2-6-10-20/h1-14H,15-16H2,(H,23,24). The first-order valence-corrected chi connectivity index (χ1v) is 8.49. The van der Waals surface area contributed by atoms with Crippen LogP contribution in [0.1, 0.15) is 15.9 Å². The van der Waals surface area contributed by atoms with Gasteiger partial charge in [0.2, 0.25) is 0 Å². The summed E-state index contributed by atoms with van der Waals surface area (Å²) in [7, 11) is 0. The summed E-state index contributed by atoms with van der Waals surface area (Å²) in [5.41, 5.74) is 1.96. The van der Waals surface area contributed by atoms with Crippen LogP contribution in [0.2, 0.25) is 0 Å². The first-order valence-electron chi connectivity index (χ1n) is 8.49. The zero-order chi connectivity index (χ0) is 18.9. The lowest BCUT2D eigenvalue weighted by Gasteiger charge is -2.08. The van der Waals surface area contributed by atoms with E-state index in [0.29, 0.717) is 17.9 Å². The summed E-state index contributed by atoms with van der Waals surface area (Å²) in [5.74, 6) is -0.151. The van der Waals surface area contributed by atoms with Crippen molar-refractivity contribution in [3.8, 4) is 5.75 Å². The summed E-state index contributed by atoms with van der Waals surface area (Å²) >= 11 is 0. The Bertz CT molecular complexity index is 877. The lowest BCUT2D eigenvalue weighted by molar-refractivity contribution is -0.119. The highest BCUT2D eigenvalue weighted by molar-refractivity contribution is 5.95. The molecular weight excluding hydrogens is 342 g/mol. The summed E-state index contributed by atoms with van der Waals surface area (Å²) < 4.78 is 10.7. The maximum atomic E-state index is 12.1. The molecule has 27 heavy (non-hydrogen) atoms. The third-order valence-corrected chi connectivity index (χ3v) is 3.73. The van der Waals surface area contributed by atoms with E-state index >= 15 is 0 Å². The summed E-state index contributed by atoms with van der Waals surface area (Å²) in [6.07, 6.45) is 0. The molecule has 1 amide bonds. The third-order valence-electron chi connectivity index (χ3n) is 3.73. The Morgan fingerprint density at radius 3 is 2.07 bits per heavy atom. The van der Waals surface area contributed by atoms with Crippen molar-refractivity contribution < 1.29 is 19.1 Å². The van der Waals surface area contributed by atoms with Crippen LogP contribution in [-0.4, -0.2) is 18.5 Å². The summed E-state index contributed by atoms with van der Waals surface area (Å²) in [4.78, 5) is 23.9. The van der Waals surface area contributed by atoms with E-state index in [2.05, 4.69) is 5.32 Å². The Morgan fingerprint density at radius 1 is 0.778 bits per heavy atom. The van der Waals surface area contributed by atoms with E-state index in [9.17, 15) is 9.59 Å². The molecule has 0 aliphatic rings. The minimum atomic E-state index is -0.547. The lowest BCUT2D eigenvalue weighted by atomic mass is 10.1. The van der Waals surface area contributed by atoms with Crippen molar-refractivity contribution in [2.45, 2.75) is 6.61 Å². The van der Waals surface area contributed by atoms with E-state index in [1.54, 1.807) is 36.4 Å². The Labute approximate surface area is 157 Å². The van der Waals surface area contributed by atoms with Crippen LogP contribution >= 0.6 is 0 Å². The fourth-order valence-corrected chi connectivity index (χ4v) is 2.35. The number of benzene rings is 3. The number of hydrogen-bond acceptors (Lipinski definition) is 4. The van der Waals surface area contributed by atoms with Gasteiger partial charge in [0.25, 0.3) is 5.91 Å². The van der Waals surface area contributed by atoms with Crippen LogP contribution in [0.25, 0.3) is 0 Å². The van der Waals surface area contributed by atoms with Gasteiger partial charge in [-0.3, -0.25) is 4.79 Å². The first kappa shape index (κ1) is 18.2. The van der Waals surface area contributed by atoms with Gasteiger partial charge in [-0.05, 0) is 42.0 Å². The highest BCUT2D eigenvalue weighted by Gasteiger charge is 2.10. The molecule has 0 fully saturated rings. The molecule has 3 aromatic rings. The molecule has 3 aromatic carbocycles. The van der Waals surface area contributed by atoms with Gasteiger partial charge in [0, 0.05) is 5.69 Å². The van der Waals surface area contributed by atoms with Crippen LogP contribution in [0.5, 0.6) is 5.75 Å². The van der Waals surface area contributed by atoms with Gasteiger partial charge in [0.05, 0.1) is 5.56 Å². The molecule has 0 aliphatic carbocycles. The number of rotatable bonds is 7. The van der Waals surface area contributed by atoms with Gasteiger partial charge < -0.3 is 14.8 Å². The van der Waals surface area contributed by atoms with Crippen molar-refractivity contribution in [1.82, 2.24) is 0 Å². The quantitative estimate of drug-likeness (QED) is 0.645. The summed E-state index contributed by atoms with van der Waals surface area (Å²) in [5, 5.41) is 2.66. The van der Waals surface area contributed by atoms with Gasteiger partial charge in [0.1, 0.15) is 12.4 Å². The maximum absolute atomic E-state index is 12.1. The molecule has 3 rings (SSSR count). The largest absolute Gasteiger partial charge is 0.489 e. The fourth-order valence-electron chi connectivity index (χ4n) is 2.35. The molecule has 0 saturated heterocycles. The molecule has 0 radical (unpaired) electrons. The highest BCUT2D eigenvalue weighted by Crippen LogP contribution is 2.13. The van der Waals surface area contributed by atoms with Gasteiger partial charge >= 0.3 is 5.97 Å². The number of amides is 1. The van der Waals surface area contributed by atoms with Gasteiger partial charge in [-0.15, -0.1) is 0 Å². The normalized spacial score (nSPS) is 10.1. The molecule has 0 aromatic heterocycles. The fraction of sp³-hybridized carbons (Fsp3) is 0.0909. The van der Waals surface area contributed by atoms with Gasteiger partial charge in [0.15, 0.2) is 6.61 Å². The zero-order valence-electron chi connectivity index (χ0n) is 14.6. The summed E-state index contributed by atoms with van der Waals surface area (Å²) in [6.45, 7) is 0.0609. The van der Waals surface area contributed by atoms with Crippen molar-refractivity contribution in [3.63, 3.8) is 0 Å². The number of nitrogens with one attached hydrogen (secondary N) is 1. The number of para-hydroxylation sites is 2. The Morgan fingerprint density at radius 2 is 1.41 bits per heavy atom. The smallest absolute Gasteiger partial charge is 0.338 e. The predicted octanol–water partition coefficient (Wildman–Crippen LogP) is 4.06. The van der Waals surface area contributed by atoms with Crippen LogP contribution < -0.4 is 10.1 Å². The molecule has 0 heterocycles. The molecule has 0 unspecified atom stereocenters. The van der Waals surface area contributed by atoms with E-state index in [-0.39, 0.29) is 12.5 Å². The number of esters is 1. The van der Waals surface area contributed by atoms with Crippen LogP contribution in [0, 0.1) is 0 Å². The Kier molecular flexibility index (Phi) is 6.20. The minimum absolute atomic E-state index is 0.341. The second-order valence-electron chi connectivity index (χ2n) is 5.79. The number of anilines is 1. The molecule has 0 saturated carbocycles. The van der Waals surface area contributed by atoms with Crippen molar-refractivity contribution >= 4 is 17.6 Å². The second-order valence-corrected chi connectivity index (χ2v) is 5.79. The molecule has 0 bridgehead atoms. The van der Waals surface area contributed by atoms with E-state index in [4.69, 9.17) is 9.47 Å². The van der Waals surface area contributed by atoms with E-state index < -0.39 is 5.97 Å². The van der Waals surface area contributed by atoms with Gasteiger partial charge in [-0.2, -0.15) is 0 Å². The predicted molar refractivity (Wildman–Crippen MR) is 103 cm³/mol. The van der Waals surface area contributed by atoms with Crippen LogP contribution in [0.15, 0.2) is 84.9 Å². The van der Waals surface area contributed by atoms with Crippen molar-refractivity contribution in [3.05, 3.63) is 96.1 Å². The Hall–Kier alpha value is -3.60. The molecule has 1 N–H and O–H groups in total. The summed E-state index contributed by atoms with van der Waals surface area (Å²) in [6, 6.07) is 25.4. The topological polar surface area (TPSA) is 64.6 Å². The number of carbonyl (C=O) groups is 2. The van der Waals surface area contributed by atoms with Gasteiger partial charge in [-0.25, -0.2) is 4.79 Å². The van der Waals surface area contributed by atoms with Crippen LogP contribution in [-0.2, 0) is 16.1 Å². The van der Waals surface area contributed by atoms with Crippen LogP contribution in [0.3, 0.4) is 0 Å². The van der Waals surface area contributed by atoms with E-state index in [1.165, 1.54) is 0 Å². The van der Waals surface area contributed by atoms with E-state index in [0.717, 1.165) is 11.3 Å². The van der Waals surface area contributed by atoms with Crippen molar-refractivity contribution in [2.75, 3.05) is 11.9 Å². The maximum Gasteiger partial charge on any atom is 0.338 e. The number of ether oxygens (including phenoxy) is 2. The molecule has 0 spiro atoms. The Balaban J connectivity index is 1.46. The van der Waals surface area contributed by atoms with Crippen LogP contribution in [0.4, 0.5) is 5.69 Å². The van der Waals surface area contributed by atoms with Crippen molar-refractivity contribution in [2.24, 2.45) is 0 Å². The van der Waals surface area contributed by atoms with E-state index in [1.807, 2.05) is 48.5 Å². The molecule has 136 valence electrons. The zero-order valence-corrected chi connectivity index (χ0v) is 14.6. The molecule has 5 heteroatoms. The second kappa shape index (κ2) is 9.20. The van der Waals surface area contributed by atoms with Crippen molar-refractivity contribution in [1.29, 1.82) is 0 Å². The SMILES string of the molecule is O=C(COC(=O)c1ccc(COc2ccccc2)cc1)Nc1ccccc1. The van der Waals surface area contributed by atoms with Gasteiger partial charge in [-0.1, -0.05) is 48.5 Å². The molecule has 5 nitrogen and oxygen atoms in total. The monoisotopic (exact) mass is 361 g/mol. The number of carbonyl (C=O) groups excluding carboxylic acids is 2. The number of hydrogen-bond donors (Lipinski definition) is 1. The lowest BCUT2D eigenvalue weighted by Crippen LogP contribution is -2.20. The molecule has 0 atom stereocenters. The first-order chi connectivity index (χ1) is 13.2. The highest BCUT2D eigenvalue weighted by atomic mass is 16.5. The molecular formula is C22H19NO4. The average molecular weight is 361 g/mol. The third kappa shape index (κ3) is 5.71. The average Bonchev–Trinajstić information content (AvgIpc) is 2.72. The minimum Gasteiger partial charge on any atom is -0.489 e. The molecule has 0 aliphatic heterocycles.